The van der Waals surface area contributed by atoms with Gasteiger partial charge in [0.2, 0.25) is 0 Å². The third-order valence-corrected chi connectivity index (χ3v) is 5.24. The highest BCUT2D eigenvalue weighted by Gasteiger charge is 2.43. The van der Waals surface area contributed by atoms with Crippen molar-refractivity contribution in [2.24, 2.45) is 5.92 Å². The molecule has 4 heteroatoms. The number of nitrogens with one attached hydrogen (secondary N) is 1. The van der Waals surface area contributed by atoms with Crippen LogP contribution in [0, 0.1) is 5.92 Å². The van der Waals surface area contributed by atoms with Gasteiger partial charge < -0.3 is 10.4 Å². The molecule has 1 aromatic carbocycles. The normalized spacial score (nSPS) is 19.0. The molecule has 2 nitrogen and oxygen atoms in total. The van der Waals surface area contributed by atoms with Crippen LogP contribution in [-0.4, -0.2) is 30.1 Å². The van der Waals surface area contributed by atoms with Crippen LogP contribution in [0.25, 0.3) is 0 Å². The van der Waals surface area contributed by atoms with E-state index in [0.29, 0.717) is 5.92 Å². The Labute approximate surface area is 115 Å². The Hall–Kier alpha value is -0.0300. The molecule has 1 atom stereocenters. The molecular formula is C13H18BrNOS. The van der Waals surface area contributed by atoms with Gasteiger partial charge in [-0.2, -0.15) is 0 Å². The zero-order valence-corrected chi connectivity index (χ0v) is 12.4. The molecule has 1 saturated carbocycles. The second-order valence-corrected chi connectivity index (χ2v) is 6.55. The van der Waals surface area contributed by atoms with Gasteiger partial charge in [0.15, 0.2) is 0 Å². The Bertz CT molecular complexity index is 360. The number of rotatable bonds is 6. The first-order valence-corrected chi connectivity index (χ1v) is 7.66. The van der Waals surface area contributed by atoms with Crippen LogP contribution < -0.4 is 5.32 Å². The van der Waals surface area contributed by atoms with Crippen molar-refractivity contribution >= 4 is 27.7 Å². The zero-order chi connectivity index (χ0) is 12.3. The lowest BCUT2D eigenvalue weighted by Crippen LogP contribution is -2.51. The topological polar surface area (TPSA) is 32.3 Å². The molecule has 0 amide bonds. The van der Waals surface area contributed by atoms with E-state index in [-0.39, 0.29) is 12.1 Å². The third-order valence-electron chi connectivity index (χ3n) is 3.45. The van der Waals surface area contributed by atoms with Crippen LogP contribution in [-0.2, 0) is 0 Å². The molecule has 1 fully saturated rings. The van der Waals surface area contributed by atoms with Gasteiger partial charge in [-0.3, -0.25) is 0 Å². The second kappa shape index (κ2) is 5.74. The van der Waals surface area contributed by atoms with Gasteiger partial charge in [0.05, 0.1) is 12.1 Å². The molecule has 0 radical (unpaired) electrons. The molecule has 1 aliphatic rings. The number of thioether (sulfide) groups is 1. The van der Waals surface area contributed by atoms with Gasteiger partial charge in [-0.05, 0) is 50.1 Å². The zero-order valence-electron chi connectivity index (χ0n) is 9.95. The van der Waals surface area contributed by atoms with Crippen LogP contribution >= 0.6 is 27.7 Å². The lowest BCUT2D eigenvalue weighted by atomic mass is 9.97. The highest BCUT2D eigenvalue weighted by molar-refractivity contribution is 9.10. The maximum atomic E-state index is 9.63. The summed E-state index contributed by atoms with van der Waals surface area (Å²) < 4.78 is 1.10. The van der Waals surface area contributed by atoms with Crippen molar-refractivity contribution in [3.05, 3.63) is 28.7 Å². The summed E-state index contributed by atoms with van der Waals surface area (Å²) in [5, 5.41) is 13.0. The van der Waals surface area contributed by atoms with Crippen molar-refractivity contribution < 1.29 is 5.11 Å². The molecule has 2 rings (SSSR count). The Kier molecular flexibility index (Phi) is 4.53. The predicted molar refractivity (Wildman–Crippen MR) is 76.5 cm³/mol. The highest BCUT2D eigenvalue weighted by Crippen LogP contribution is 2.42. The van der Waals surface area contributed by atoms with Gasteiger partial charge in [-0.1, -0.05) is 15.9 Å². The first-order chi connectivity index (χ1) is 8.20. The standard InChI is InChI=1S/C13H18BrNOS/c1-15-13(8-16,10-2-3-10)9-17-12-6-4-11(14)5-7-12/h4-7,10,15-16H,2-3,8-9H2,1H3. The molecule has 0 heterocycles. The summed E-state index contributed by atoms with van der Waals surface area (Å²) >= 11 is 5.25. The van der Waals surface area contributed by atoms with E-state index in [1.165, 1.54) is 17.7 Å². The molecule has 2 N–H and O–H groups in total. The van der Waals surface area contributed by atoms with Crippen LogP contribution in [0.3, 0.4) is 0 Å². The van der Waals surface area contributed by atoms with E-state index >= 15 is 0 Å². The number of hydrogen-bond donors (Lipinski definition) is 2. The summed E-state index contributed by atoms with van der Waals surface area (Å²) in [5.41, 5.74) is -0.0995. The average molecular weight is 316 g/mol. The minimum Gasteiger partial charge on any atom is -0.394 e. The molecule has 1 aliphatic carbocycles. The Morgan fingerprint density at radius 3 is 2.53 bits per heavy atom. The maximum absolute atomic E-state index is 9.63. The van der Waals surface area contributed by atoms with Crippen LogP contribution in [0.4, 0.5) is 0 Å². The van der Waals surface area contributed by atoms with Crippen molar-refractivity contribution in [1.82, 2.24) is 5.32 Å². The van der Waals surface area contributed by atoms with Crippen molar-refractivity contribution in [3.63, 3.8) is 0 Å². The van der Waals surface area contributed by atoms with Gasteiger partial charge in [-0.15, -0.1) is 11.8 Å². The summed E-state index contributed by atoms with van der Waals surface area (Å²) in [7, 11) is 1.96. The second-order valence-electron chi connectivity index (χ2n) is 4.58. The maximum Gasteiger partial charge on any atom is 0.0624 e. The Balaban J connectivity index is 1.97. The van der Waals surface area contributed by atoms with Crippen LogP contribution in [0.1, 0.15) is 12.8 Å². The third kappa shape index (κ3) is 3.25. The highest BCUT2D eigenvalue weighted by atomic mass is 79.9. The lowest BCUT2D eigenvalue weighted by Gasteiger charge is -2.31. The summed E-state index contributed by atoms with van der Waals surface area (Å²) in [5.74, 6) is 1.56. The molecule has 17 heavy (non-hydrogen) atoms. The van der Waals surface area contributed by atoms with Crippen molar-refractivity contribution in [2.75, 3.05) is 19.4 Å². The van der Waals surface area contributed by atoms with E-state index in [2.05, 4.69) is 45.5 Å². The van der Waals surface area contributed by atoms with E-state index in [4.69, 9.17) is 0 Å². The van der Waals surface area contributed by atoms with Gasteiger partial charge in [0.25, 0.3) is 0 Å². The number of benzene rings is 1. The molecule has 94 valence electrons. The fraction of sp³-hybridized carbons (Fsp3) is 0.538. The van der Waals surface area contributed by atoms with Gasteiger partial charge in [-0.25, -0.2) is 0 Å². The van der Waals surface area contributed by atoms with Crippen LogP contribution in [0.5, 0.6) is 0 Å². The predicted octanol–water partition coefficient (Wildman–Crippen LogP) is 2.90. The Morgan fingerprint density at radius 1 is 1.41 bits per heavy atom. The van der Waals surface area contributed by atoms with E-state index in [1.807, 2.05) is 18.8 Å². The Morgan fingerprint density at radius 2 is 2.06 bits per heavy atom. The largest absolute Gasteiger partial charge is 0.394 e. The van der Waals surface area contributed by atoms with E-state index in [9.17, 15) is 5.11 Å². The minimum atomic E-state index is -0.0995. The number of hydrogen-bond acceptors (Lipinski definition) is 3. The van der Waals surface area contributed by atoms with Crippen molar-refractivity contribution in [3.8, 4) is 0 Å². The SMILES string of the molecule is CNC(CO)(CSc1ccc(Br)cc1)C1CC1. The smallest absolute Gasteiger partial charge is 0.0624 e. The quantitative estimate of drug-likeness (QED) is 0.792. The van der Waals surface area contributed by atoms with Gasteiger partial charge in [0.1, 0.15) is 0 Å². The molecule has 1 aromatic rings. The number of halogens is 1. The lowest BCUT2D eigenvalue weighted by molar-refractivity contribution is 0.167. The van der Waals surface area contributed by atoms with Crippen LogP contribution in [0.2, 0.25) is 0 Å². The molecule has 0 aliphatic heterocycles. The van der Waals surface area contributed by atoms with Crippen molar-refractivity contribution in [1.29, 1.82) is 0 Å². The minimum absolute atomic E-state index is 0.0995. The molecule has 1 unspecified atom stereocenters. The molecular weight excluding hydrogens is 298 g/mol. The molecule has 0 bridgehead atoms. The van der Waals surface area contributed by atoms with E-state index < -0.39 is 0 Å². The molecule has 0 saturated heterocycles. The fourth-order valence-electron chi connectivity index (χ4n) is 2.03. The fourth-order valence-corrected chi connectivity index (χ4v) is 3.52. The van der Waals surface area contributed by atoms with Crippen LogP contribution in [0.15, 0.2) is 33.6 Å². The van der Waals surface area contributed by atoms with Gasteiger partial charge in [0, 0.05) is 15.1 Å². The van der Waals surface area contributed by atoms with E-state index in [0.717, 1.165) is 10.2 Å². The average Bonchev–Trinajstić information content (AvgIpc) is 3.18. The first-order valence-electron chi connectivity index (χ1n) is 5.88. The summed E-state index contributed by atoms with van der Waals surface area (Å²) in [6, 6.07) is 8.33. The monoisotopic (exact) mass is 315 g/mol. The number of aliphatic hydroxyl groups is 1. The summed E-state index contributed by atoms with van der Waals surface area (Å²) in [6.45, 7) is 0.220. The first kappa shape index (κ1) is 13.4. The number of likely N-dealkylation sites (N-methyl/N-ethyl adjacent to an activating group) is 1. The molecule has 0 spiro atoms. The summed E-state index contributed by atoms with van der Waals surface area (Å²) in [4.78, 5) is 1.25. The van der Waals surface area contributed by atoms with Gasteiger partial charge >= 0.3 is 0 Å². The summed E-state index contributed by atoms with van der Waals surface area (Å²) in [6.07, 6.45) is 2.48. The number of aliphatic hydroxyl groups excluding tert-OH is 1. The van der Waals surface area contributed by atoms with E-state index in [1.54, 1.807) is 0 Å². The molecule has 0 aromatic heterocycles. The van der Waals surface area contributed by atoms with Crippen molar-refractivity contribution in [2.45, 2.75) is 23.3 Å².